The SMILES string of the molecule is CSC(C)CCNc1ccc(C(=O)O)c(N)c1. The predicted octanol–water partition coefficient (Wildman–Crippen LogP) is 2.52. The van der Waals surface area contributed by atoms with Gasteiger partial charge in [-0.25, -0.2) is 4.79 Å². The van der Waals surface area contributed by atoms with Crippen LogP contribution in [0.5, 0.6) is 0 Å². The van der Waals surface area contributed by atoms with Gasteiger partial charge in [0.05, 0.1) is 5.56 Å². The maximum Gasteiger partial charge on any atom is 0.337 e. The molecule has 0 radical (unpaired) electrons. The minimum Gasteiger partial charge on any atom is -0.478 e. The van der Waals surface area contributed by atoms with Gasteiger partial charge in [-0.1, -0.05) is 6.92 Å². The number of nitrogen functional groups attached to an aromatic ring is 1. The molecule has 0 saturated carbocycles. The van der Waals surface area contributed by atoms with E-state index in [1.54, 1.807) is 12.1 Å². The van der Waals surface area contributed by atoms with Crippen molar-refractivity contribution in [2.45, 2.75) is 18.6 Å². The Morgan fingerprint density at radius 1 is 1.59 bits per heavy atom. The molecule has 0 saturated heterocycles. The van der Waals surface area contributed by atoms with Crippen molar-refractivity contribution in [3.63, 3.8) is 0 Å². The molecule has 4 nitrogen and oxygen atoms in total. The van der Waals surface area contributed by atoms with E-state index in [2.05, 4.69) is 18.5 Å². The molecule has 0 aliphatic heterocycles. The minimum absolute atomic E-state index is 0.146. The smallest absolute Gasteiger partial charge is 0.337 e. The Morgan fingerprint density at radius 2 is 2.29 bits per heavy atom. The van der Waals surface area contributed by atoms with E-state index < -0.39 is 5.97 Å². The second kappa shape index (κ2) is 6.39. The maximum absolute atomic E-state index is 10.8. The molecule has 94 valence electrons. The van der Waals surface area contributed by atoms with Gasteiger partial charge in [0.15, 0.2) is 0 Å². The first-order valence-corrected chi connectivity index (χ1v) is 6.73. The number of carbonyl (C=O) groups is 1. The number of thioether (sulfide) groups is 1. The van der Waals surface area contributed by atoms with Crippen molar-refractivity contribution in [3.8, 4) is 0 Å². The number of rotatable bonds is 6. The number of carboxylic acid groups (broad SMARTS) is 1. The summed E-state index contributed by atoms with van der Waals surface area (Å²) >= 11 is 1.83. The van der Waals surface area contributed by atoms with E-state index in [-0.39, 0.29) is 5.56 Å². The topological polar surface area (TPSA) is 75.3 Å². The summed E-state index contributed by atoms with van der Waals surface area (Å²) in [5, 5.41) is 12.7. The highest BCUT2D eigenvalue weighted by molar-refractivity contribution is 7.99. The van der Waals surface area contributed by atoms with Crippen LogP contribution in [-0.2, 0) is 0 Å². The van der Waals surface area contributed by atoms with E-state index in [0.29, 0.717) is 10.9 Å². The van der Waals surface area contributed by atoms with Gasteiger partial charge in [-0.2, -0.15) is 11.8 Å². The van der Waals surface area contributed by atoms with Crippen LogP contribution in [0.25, 0.3) is 0 Å². The number of carboxylic acids is 1. The van der Waals surface area contributed by atoms with Crippen molar-refractivity contribution in [2.75, 3.05) is 23.9 Å². The molecule has 4 N–H and O–H groups in total. The van der Waals surface area contributed by atoms with E-state index in [1.165, 1.54) is 6.07 Å². The predicted molar refractivity (Wildman–Crippen MR) is 73.9 cm³/mol. The molecule has 1 atom stereocenters. The summed E-state index contributed by atoms with van der Waals surface area (Å²) in [6, 6.07) is 4.93. The molecule has 17 heavy (non-hydrogen) atoms. The van der Waals surface area contributed by atoms with Crippen LogP contribution in [-0.4, -0.2) is 29.1 Å². The first kappa shape index (κ1) is 13.7. The zero-order valence-electron chi connectivity index (χ0n) is 10.1. The number of benzene rings is 1. The number of nitrogens with one attached hydrogen (secondary N) is 1. The molecule has 0 aromatic heterocycles. The third-order valence-electron chi connectivity index (χ3n) is 2.56. The summed E-state index contributed by atoms with van der Waals surface area (Å²) in [7, 11) is 0. The third-order valence-corrected chi connectivity index (χ3v) is 3.60. The molecule has 0 aliphatic rings. The summed E-state index contributed by atoms with van der Waals surface area (Å²) in [4.78, 5) is 10.8. The minimum atomic E-state index is -0.995. The van der Waals surface area contributed by atoms with Gasteiger partial charge in [0, 0.05) is 23.2 Å². The number of hydrogen-bond donors (Lipinski definition) is 3. The van der Waals surface area contributed by atoms with Crippen LogP contribution < -0.4 is 11.1 Å². The molecule has 0 spiro atoms. The Labute approximate surface area is 106 Å². The Morgan fingerprint density at radius 3 is 2.82 bits per heavy atom. The third kappa shape index (κ3) is 4.19. The van der Waals surface area contributed by atoms with E-state index in [0.717, 1.165) is 18.7 Å². The van der Waals surface area contributed by atoms with Gasteiger partial charge in [-0.05, 0) is 30.9 Å². The summed E-state index contributed by atoms with van der Waals surface area (Å²) in [6.07, 6.45) is 3.14. The molecule has 1 aromatic carbocycles. The number of hydrogen-bond acceptors (Lipinski definition) is 4. The van der Waals surface area contributed by atoms with Crippen LogP contribution in [0.3, 0.4) is 0 Å². The highest BCUT2D eigenvalue weighted by atomic mass is 32.2. The Hall–Kier alpha value is -1.36. The van der Waals surface area contributed by atoms with E-state index in [9.17, 15) is 4.79 Å². The van der Waals surface area contributed by atoms with E-state index >= 15 is 0 Å². The molecular weight excluding hydrogens is 236 g/mol. The molecule has 0 aliphatic carbocycles. The number of anilines is 2. The highest BCUT2D eigenvalue weighted by Gasteiger charge is 2.07. The van der Waals surface area contributed by atoms with Crippen LogP contribution in [0.2, 0.25) is 0 Å². The van der Waals surface area contributed by atoms with E-state index in [4.69, 9.17) is 10.8 Å². The molecule has 0 heterocycles. The van der Waals surface area contributed by atoms with Crippen molar-refractivity contribution in [2.24, 2.45) is 0 Å². The fourth-order valence-electron chi connectivity index (χ4n) is 1.41. The van der Waals surface area contributed by atoms with Crippen LogP contribution in [0.15, 0.2) is 18.2 Å². The fraction of sp³-hybridized carbons (Fsp3) is 0.417. The lowest BCUT2D eigenvalue weighted by atomic mass is 10.1. The Bertz CT molecular complexity index is 396. The van der Waals surface area contributed by atoms with E-state index in [1.807, 2.05) is 11.8 Å². The summed E-state index contributed by atoms with van der Waals surface area (Å²) in [5.41, 5.74) is 6.96. The lowest BCUT2D eigenvalue weighted by Crippen LogP contribution is -2.09. The average Bonchev–Trinajstić information content (AvgIpc) is 2.28. The molecule has 0 bridgehead atoms. The first-order chi connectivity index (χ1) is 8.04. The van der Waals surface area contributed by atoms with Crippen molar-refractivity contribution in [1.29, 1.82) is 0 Å². The monoisotopic (exact) mass is 254 g/mol. The standard InChI is InChI=1S/C12H18N2O2S/c1-8(17-2)5-6-14-9-3-4-10(12(15)16)11(13)7-9/h3-4,7-8,14H,5-6,13H2,1-2H3,(H,15,16). The van der Waals surface area contributed by atoms with Gasteiger partial charge in [0.25, 0.3) is 0 Å². The molecule has 1 rings (SSSR count). The number of aromatic carboxylic acids is 1. The molecule has 1 aromatic rings. The van der Waals surface area contributed by atoms with Crippen LogP contribution in [0, 0.1) is 0 Å². The maximum atomic E-state index is 10.8. The van der Waals surface area contributed by atoms with Gasteiger partial charge < -0.3 is 16.2 Å². The van der Waals surface area contributed by atoms with Crippen LogP contribution in [0.4, 0.5) is 11.4 Å². The van der Waals surface area contributed by atoms with Crippen molar-refractivity contribution in [3.05, 3.63) is 23.8 Å². The second-order valence-corrected chi connectivity index (χ2v) is 5.15. The lowest BCUT2D eigenvalue weighted by Gasteiger charge is -2.11. The molecule has 5 heteroatoms. The van der Waals surface area contributed by atoms with Gasteiger partial charge >= 0.3 is 5.97 Å². The fourth-order valence-corrected chi connectivity index (χ4v) is 1.76. The first-order valence-electron chi connectivity index (χ1n) is 5.44. The summed E-state index contributed by atoms with van der Waals surface area (Å²) in [5.74, 6) is -0.995. The van der Waals surface area contributed by atoms with Gasteiger partial charge in [0.2, 0.25) is 0 Å². The quantitative estimate of drug-likeness (QED) is 0.680. The van der Waals surface area contributed by atoms with Crippen molar-refractivity contribution in [1.82, 2.24) is 0 Å². The van der Waals surface area contributed by atoms with Crippen molar-refractivity contribution >= 4 is 29.1 Å². The Kier molecular flexibility index (Phi) is 5.15. The Balaban J connectivity index is 2.56. The zero-order valence-corrected chi connectivity index (χ0v) is 10.9. The van der Waals surface area contributed by atoms with Crippen LogP contribution in [0.1, 0.15) is 23.7 Å². The molecule has 0 fully saturated rings. The molecule has 0 amide bonds. The summed E-state index contributed by atoms with van der Waals surface area (Å²) < 4.78 is 0. The summed E-state index contributed by atoms with van der Waals surface area (Å²) in [6.45, 7) is 3.03. The normalized spacial score (nSPS) is 12.1. The number of nitrogens with two attached hydrogens (primary N) is 1. The second-order valence-electron chi connectivity index (χ2n) is 3.87. The molecular formula is C12H18N2O2S. The van der Waals surface area contributed by atoms with Gasteiger partial charge in [-0.15, -0.1) is 0 Å². The zero-order chi connectivity index (χ0) is 12.8. The van der Waals surface area contributed by atoms with Gasteiger partial charge in [0.1, 0.15) is 0 Å². The largest absolute Gasteiger partial charge is 0.478 e. The van der Waals surface area contributed by atoms with Gasteiger partial charge in [-0.3, -0.25) is 0 Å². The van der Waals surface area contributed by atoms with Crippen molar-refractivity contribution < 1.29 is 9.90 Å². The lowest BCUT2D eigenvalue weighted by molar-refractivity contribution is 0.0698. The average molecular weight is 254 g/mol. The highest BCUT2D eigenvalue weighted by Crippen LogP contribution is 2.18. The van der Waals surface area contributed by atoms with Crippen LogP contribution >= 0.6 is 11.8 Å². The molecule has 1 unspecified atom stereocenters.